The van der Waals surface area contributed by atoms with Crippen molar-refractivity contribution in [2.75, 3.05) is 0 Å². The summed E-state index contributed by atoms with van der Waals surface area (Å²) < 4.78 is 5.69. The molecule has 202 valence electrons. The highest BCUT2D eigenvalue weighted by molar-refractivity contribution is 5.77. The molecule has 0 spiro atoms. The van der Waals surface area contributed by atoms with Crippen LogP contribution in [0.5, 0.6) is 0 Å². The number of allylic oxidation sites excluding steroid dienone is 2. The fourth-order valence-corrected chi connectivity index (χ4v) is 10.9. The Morgan fingerprint density at radius 2 is 1.56 bits per heavy atom. The third kappa shape index (κ3) is 3.30. The number of esters is 1. The van der Waals surface area contributed by atoms with Crippen molar-refractivity contribution < 1.29 is 19.4 Å². The van der Waals surface area contributed by atoms with Crippen molar-refractivity contribution in [1.29, 1.82) is 0 Å². The zero-order chi connectivity index (χ0) is 26.5. The van der Waals surface area contributed by atoms with Gasteiger partial charge in [0.05, 0.1) is 0 Å². The van der Waals surface area contributed by atoms with Crippen LogP contribution in [0.25, 0.3) is 0 Å². The molecule has 0 heterocycles. The van der Waals surface area contributed by atoms with Gasteiger partial charge in [-0.15, -0.1) is 0 Å². The molecular weight excluding hydrogens is 448 g/mol. The van der Waals surface area contributed by atoms with Crippen molar-refractivity contribution in [2.24, 2.45) is 50.2 Å². The van der Waals surface area contributed by atoms with Crippen LogP contribution in [0.1, 0.15) is 120 Å². The highest BCUT2D eigenvalue weighted by atomic mass is 16.5. The minimum Gasteiger partial charge on any atom is -0.481 e. The molecule has 0 unspecified atom stereocenters. The van der Waals surface area contributed by atoms with Crippen molar-refractivity contribution in [1.82, 2.24) is 0 Å². The lowest BCUT2D eigenvalue weighted by Crippen LogP contribution is -2.66. The number of hydrogen-bond donors (Lipinski definition) is 1. The fraction of sp³-hybridized carbons (Fsp3) is 0.875. The molecule has 0 bridgehead atoms. The first-order valence-electron chi connectivity index (χ1n) is 14.6. The topological polar surface area (TPSA) is 63.6 Å². The Bertz CT molecular complexity index is 996. The first kappa shape index (κ1) is 26.3. The Hall–Kier alpha value is -1.32. The van der Waals surface area contributed by atoms with Gasteiger partial charge in [-0.05, 0) is 116 Å². The summed E-state index contributed by atoms with van der Waals surface area (Å²) in [4.78, 5) is 24.8. The fourth-order valence-electron chi connectivity index (χ4n) is 10.9. The number of fused-ring (bicyclic) bond motifs is 7. The van der Waals surface area contributed by atoms with E-state index in [4.69, 9.17) is 4.74 Å². The molecule has 9 atom stereocenters. The maximum atomic E-state index is 12.8. The lowest BCUT2D eigenvalue weighted by atomic mass is 9.33. The Balaban J connectivity index is 1.56. The third-order valence-electron chi connectivity index (χ3n) is 13.4. The summed E-state index contributed by atoms with van der Waals surface area (Å²) in [5.41, 5.74) is 1.81. The van der Waals surface area contributed by atoms with Gasteiger partial charge in [0.15, 0.2) is 0 Å². The third-order valence-corrected chi connectivity index (χ3v) is 13.4. The Morgan fingerprint density at radius 1 is 0.889 bits per heavy atom. The molecule has 0 radical (unpaired) electrons. The molecule has 5 aliphatic carbocycles. The highest BCUT2D eigenvalue weighted by Crippen LogP contribution is 2.75. The first-order chi connectivity index (χ1) is 16.5. The quantitative estimate of drug-likeness (QED) is 0.311. The van der Waals surface area contributed by atoms with E-state index in [1.807, 2.05) is 6.92 Å². The lowest BCUT2D eigenvalue weighted by molar-refractivity contribution is -0.222. The van der Waals surface area contributed by atoms with Crippen molar-refractivity contribution in [3.63, 3.8) is 0 Å². The largest absolute Gasteiger partial charge is 0.481 e. The summed E-state index contributed by atoms with van der Waals surface area (Å²) in [6, 6.07) is 0. The first-order valence-corrected chi connectivity index (χ1v) is 14.6. The number of rotatable bonds is 2. The van der Waals surface area contributed by atoms with Crippen LogP contribution >= 0.6 is 0 Å². The zero-order valence-corrected chi connectivity index (χ0v) is 24.1. The van der Waals surface area contributed by atoms with Crippen LogP contribution in [0.15, 0.2) is 11.6 Å². The molecule has 5 rings (SSSR count). The molecule has 1 N–H and O–H groups in total. The molecule has 36 heavy (non-hydrogen) atoms. The van der Waals surface area contributed by atoms with Crippen molar-refractivity contribution in [3.05, 3.63) is 11.6 Å². The van der Waals surface area contributed by atoms with Crippen molar-refractivity contribution in [2.45, 2.75) is 126 Å². The number of carbonyl (C=O) groups excluding carboxylic acids is 1. The maximum absolute atomic E-state index is 12.8. The smallest absolute Gasteiger partial charge is 0.313 e. The van der Waals surface area contributed by atoms with E-state index in [1.165, 1.54) is 39.0 Å². The van der Waals surface area contributed by atoms with Gasteiger partial charge >= 0.3 is 11.9 Å². The predicted octanol–water partition coefficient (Wildman–Crippen LogP) is 7.80. The number of carboxylic acid groups (broad SMARTS) is 1. The number of ether oxygens (including phenoxy) is 1. The summed E-state index contributed by atoms with van der Waals surface area (Å²) in [6.07, 6.45) is 13.3. The van der Waals surface area contributed by atoms with E-state index >= 15 is 0 Å². The molecule has 4 saturated carbocycles. The Morgan fingerprint density at radius 3 is 2.19 bits per heavy atom. The molecule has 0 amide bonds. The molecule has 4 heteroatoms. The summed E-state index contributed by atoms with van der Waals surface area (Å²) in [5, 5.41) is 10.5. The van der Waals surface area contributed by atoms with Crippen molar-refractivity contribution in [3.8, 4) is 0 Å². The summed E-state index contributed by atoms with van der Waals surface area (Å²) in [5.74, 6) is -0.0260. The average Bonchev–Trinajstić information content (AvgIpc) is 2.77. The highest BCUT2D eigenvalue weighted by Gasteiger charge is 2.70. The van der Waals surface area contributed by atoms with Crippen LogP contribution in [-0.2, 0) is 14.3 Å². The molecule has 4 nitrogen and oxygen atoms in total. The second kappa shape index (κ2) is 7.85. The van der Waals surface area contributed by atoms with Crippen LogP contribution in [0.2, 0.25) is 0 Å². The van der Waals surface area contributed by atoms with Crippen LogP contribution in [0.3, 0.4) is 0 Å². The predicted molar refractivity (Wildman–Crippen MR) is 142 cm³/mol. The molecule has 0 aliphatic heterocycles. The molecule has 4 fully saturated rings. The number of carbonyl (C=O) groups is 2. The van der Waals surface area contributed by atoms with E-state index in [-0.39, 0.29) is 28.1 Å². The van der Waals surface area contributed by atoms with E-state index in [0.29, 0.717) is 29.1 Å². The second-order valence-corrected chi connectivity index (χ2v) is 15.6. The minimum atomic E-state index is -1.04. The van der Waals surface area contributed by atoms with E-state index in [9.17, 15) is 14.7 Å². The van der Waals surface area contributed by atoms with Crippen molar-refractivity contribution >= 4 is 11.9 Å². The number of hydrogen-bond acceptors (Lipinski definition) is 3. The second-order valence-electron chi connectivity index (χ2n) is 15.6. The van der Waals surface area contributed by atoms with Gasteiger partial charge in [-0.25, -0.2) is 0 Å². The van der Waals surface area contributed by atoms with Gasteiger partial charge in [-0.3, -0.25) is 9.59 Å². The minimum absolute atomic E-state index is 0.0136. The normalized spacial score (nSPS) is 51.5. The molecule has 5 aliphatic rings. The van der Waals surface area contributed by atoms with Crippen LogP contribution in [-0.4, -0.2) is 23.1 Å². The summed E-state index contributed by atoms with van der Waals surface area (Å²) in [6.45, 7) is 18.3. The standard InChI is InChI=1S/C32H50O4/c1-20(33)36-25-12-13-29(5)23-10-9-21-22-19-27(2,3)15-16-28(22,4)17-18-30(21,6)31(23,7)14-11-24(29)32(25,8)26(34)35/h9,22-25H,10-19H2,1-8H3,(H,34,35)/t22-,23-,24+,25-,28-,29-,30-,31-,32-/m1/s1. The molecular formula is C32H50O4. The van der Waals surface area contributed by atoms with Gasteiger partial charge in [0, 0.05) is 6.92 Å². The zero-order valence-electron chi connectivity index (χ0n) is 24.1. The maximum Gasteiger partial charge on any atom is 0.313 e. The lowest BCUT2D eigenvalue weighted by Gasteiger charge is -2.71. The van der Waals surface area contributed by atoms with Crippen LogP contribution in [0.4, 0.5) is 0 Å². The Kier molecular flexibility index (Phi) is 5.74. The van der Waals surface area contributed by atoms with E-state index in [0.717, 1.165) is 25.7 Å². The molecule has 0 aromatic carbocycles. The SMILES string of the molecule is CC(=O)O[C@@H]1CC[C@]2(C)[C@H]3CC=C4[C@H]5CC(C)(C)CC[C@]5(C)CC[C@@]4(C)[C@]3(C)CC[C@@H]2[C@@]1(C)C(=O)O. The van der Waals surface area contributed by atoms with Crippen LogP contribution < -0.4 is 0 Å². The molecule has 0 aromatic heterocycles. The molecule has 0 saturated heterocycles. The summed E-state index contributed by atoms with van der Waals surface area (Å²) in [7, 11) is 0. The van der Waals surface area contributed by atoms with Gasteiger partial charge in [0.1, 0.15) is 11.5 Å². The van der Waals surface area contributed by atoms with Gasteiger partial charge in [0.25, 0.3) is 0 Å². The number of carboxylic acids is 1. The Labute approximate surface area is 219 Å². The van der Waals surface area contributed by atoms with Crippen LogP contribution in [0, 0.1) is 50.2 Å². The van der Waals surface area contributed by atoms with E-state index in [2.05, 4.69) is 47.6 Å². The molecule has 0 aromatic rings. The van der Waals surface area contributed by atoms with Gasteiger partial charge < -0.3 is 9.84 Å². The average molecular weight is 499 g/mol. The monoisotopic (exact) mass is 498 g/mol. The van der Waals surface area contributed by atoms with E-state index in [1.54, 1.807) is 5.57 Å². The van der Waals surface area contributed by atoms with Gasteiger partial charge in [0.2, 0.25) is 0 Å². The summed E-state index contributed by atoms with van der Waals surface area (Å²) >= 11 is 0. The van der Waals surface area contributed by atoms with Gasteiger partial charge in [-0.2, -0.15) is 0 Å². The van der Waals surface area contributed by atoms with Gasteiger partial charge in [-0.1, -0.05) is 53.2 Å². The number of aliphatic carboxylic acids is 1. The van der Waals surface area contributed by atoms with E-state index < -0.39 is 17.5 Å².